The molecule has 5 heterocycles. The Morgan fingerprint density at radius 1 is 1.28 bits per heavy atom. The van der Waals surface area contributed by atoms with Crippen LogP contribution in [0.25, 0.3) is 5.52 Å². The van der Waals surface area contributed by atoms with Gasteiger partial charge >= 0.3 is 5.97 Å². The van der Waals surface area contributed by atoms with Crippen LogP contribution in [0.15, 0.2) is 43.1 Å². The Bertz CT molecular complexity index is 1200. The van der Waals surface area contributed by atoms with Gasteiger partial charge in [0.05, 0.1) is 35.9 Å². The highest BCUT2D eigenvalue weighted by atomic mass is 16.5. The second-order valence-electron chi connectivity index (χ2n) is 6.97. The van der Waals surface area contributed by atoms with Crippen LogP contribution in [0.2, 0.25) is 0 Å². The van der Waals surface area contributed by atoms with Crippen LogP contribution in [-0.2, 0) is 11.2 Å². The second kappa shape index (κ2) is 6.69. The number of anilines is 1. The van der Waals surface area contributed by atoms with Gasteiger partial charge in [0.2, 0.25) is 5.95 Å². The third-order valence-electron chi connectivity index (χ3n) is 5.25. The van der Waals surface area contributed by atoms with Crippen molar-refractivity contribution < 1.29 is 9.53 Å². The first-order chi connectivity index (χ1) is 14.2. The Morgan fingerprint density at radius 3 is 2.86 bits per heavy atom. The third-order valence-corrected chi connectivity index (χ3v) is 5.25. The fourth-order valence-corrected chi connectivity index (χ4v) is 3.79. The Labute approximate surface area is 166 Å². The van der Waals surface area contributed by atoms with E-state index in [1.54, 1.807) is 6.33 Å². The van der Waals surface area contributed by atoms with Crippen LogP contribution in [0.4, 0.5) is 5.95 Å². The van der Waals surface area contributed by atoms with Gasteiger partial charge in [0.1, 0.15) is 6.04 Å². The zero-order valence-electron chi connectivity index (χ0n) is 16.0. The summed E-state index contributed by atoms with van der Waals surface area (Å²) in [5, 5.41) is 4.80. The number of nitrogens with zero attached hydrogens (tertiary/aromatic N) is 6. The number of fused-ring (bicyclic) bond motifs is 2. The molecule has 4 aromatic rings. The molecule has 9 nitrogen and oxygen atoms in total. The van der Waals surface area contributed by atoms with Gasteiger partial charge in [-0.2, -0.15) is 5.10 Å². The summed E-state index contributed by atoms with van der Waals surface area (Å²) in [5.74, 6) is 0.0576. The molecule has 146 valence electrons. The number of rotatable bonds is 3. The van der Waals surface area contributed by atoms with Gasteiger partial charge in [-0.1, -0.05) is 6.07 Å². The number of pyridine rings is 1. The van der Waals surface area contributed by atoms with Gasteiger partial charge in [-0.25, -0.2) is 24.3 Å². The van der Waals surface area contributed by atoms with Crippen molar-refractivity contribution in [3.63, 3.8) is 0 Å². The predicted molar refractivity (Wildman–Crippen MR) is 105 cm³/mol. The minimum atomic E-state index is -0.461. The van der Waals surface area contributed by atoms with Gasteiger partial charge < -0.3 is 14.6 Å². The molecule has 0 bridgehead atoms. The minimum Gasteiger partial charge on any atom is -0.465 e. The van der Waals surface area contributed by atoms with Crippen molar-refractivity contribution in [3.8, 4) is 0 Å². The summed E-state index contributed by atoms with van der Waals surface area (Å²) < 4.78 is 6.61. The lowest BCUT2D eigenvalue weighted by atomic mass is 10.00. The fourth-order valence-electron chi connectivity index (χ4n) is 3.79. The van der Waals surface area contributed by atoms with Crippen LogP contribution < -0.4 is 4.90 Å². The molecule has 0 amide bonds. The van der Waals surface area contributed by atoms with Gasteiger partial charge in [-0.15, -0.1) is 0 Å². The van der Waals surface area contributed by atoms with Crippen LogP contribution >= 0.6 is 0 Å². The lowest BCUT2D eigenvalue weighted by Gasteiger charge is -2.33. The zero-order valence-corrected chi connectivity index (χ0v) is 16.0. The van der Waals surface area contributed by atoms with Crippen molar-refractivity contribution >= 4 is 17.4 Å². The van der Waals surface area contributed by atoms with Crippen LogP contribution in [0.3, 0.4) is 0 Å². The molecule has 1 N–H and O–H groups in total. The number of H-pyrrole nitrogens is 1. The first kappa shape index (κ1) is 17.4. The maximum atomic E-state index is 11.7. The molecule has 29 heavy (non-hydrogen) atoms. The van der Waals surface area contributed by atoms with E-state index < -0.39 is 5.97 Å². The number of hydrogen-bond acceptors (Lipinski definition) is 7. The number of hydrogen-bond donors (Lipinski definition) is 1. The van der Waals surface area contributed by atoms with Gasteiger partial charge in [0.15, 0.2) is 0 Å². The van der Waals surface area contributed by atoms with Crippen molar-refractivity contribution in [3.05, 3.63) is 71.3 Å². The molecule has 4 aromatic heterocycles. The summed E-state index contributed by atoms with van der Waals surface area (Å²) in [6.07, 6.45) is 7.41. The van der Waals surface area contributed by atoms with Gasteiger partial charge in [-0.05, 0) is 24.6 Å². The first-order valence-electron chi connectivity index (χ1n) is 9.29. The maximum Gasteiger partial charge on any atom is 0.341 e. The highest BCUT2D eigenvalue weighted by molar-refractivity contribution is 5.88. The summed E-state index contributed by atoms with van der Waals surface area (Å²) in [6.45, 7) is 2.76. The highest BCUT2D eigenvalue weighted by Gasteiger charge is 2.34. The Kier molecular flexibility index (Phi) is 4.01. The van der Waals surface area contributed by atoms with E-state index in [0.29, 0.717) is 18.1 Å². The predicted octanol–water partition coefficient (Wildman–Crippen LogP) is 2.09. The standard InChI is InChI=1S/C20H19N7O2/c1-12-4-3-6-27-16(12)8-15(25-27)18-17-14(23-11-24-17)5-7-26(18)20-21-9-13(10-22-20)19(28)29-2/h3-4,6,8-11,18H,5,7H2,1-2H3,(H,23,24). The van der Waals surface area contributed by atoms with E-state index in [1.807, 2.05) is 16.8 Å². The number of imidazole rings is 1. The monoisotopic (exact) mass is 389 g/mol. The number of carbonyl (C=O) groups excluding carboxylic acids is 1. The molecule has 5 rings (SSSR count). The Morgan fingerprint density at radius 2 is 2.10 bits per heavy atom. The molecule has 0 saturated heterocycles. The Hall–Kier alpha value is -3.75. The van der Waals surface area contributed by atoms with Gasteiger partial charge in [0.25, 0.3) is 0 Å². The quantitative estimate of drug-likeness (QED) is 0.535. The number of methoxy groups -OCH3 is 1. The summed E-state index contributed by atoms with van der Waals surface area (Å²) in [4.78, 5) is 30.4. The molecule has 0 aliphatic carbocycles. The van der Waals surface area contributed by atoms with E-state index >= 15 is 0 Å². The number of esters is 1. The van der Waals surface area contributed by atoms with Crippen molar-refractivity contribution in [2.45, 2.75) is 19.4 Å². The smallest absolute Gasteiger partial charge is 0.341 e. The van der Waals surface area contributed by atoms with Crippen LogP contribution in [0, 0.1) is 6.92 Å². The summed E-state index contributed by atoms with van der Waals surface area (Å²) >= 11 is 0. The molecule has 0 aromatic carbocycles. The van der Waals surface area contributed by atoms with E-state index in [2.05, 4.69) is 43.9 Å². The molecule has 1 unspecified atom stereocenters. The first-order valence-corrected chi connectivity index (χ1v) is 9.29. The number of aromatic nitrogens is 6. The SMILES string of the molecule is COC(=O)c1cnc(N2CCc3[nH]cnc3C2c2cc3c(C)cccn3n2)nc1. The molecule has 0 spiro atoms. The number of nitrogens with one attached hydrogen (secondary N) is 1. The minimum absolute atomic E-state index is 0.228. The highest BCUT2D eigenvalue weighted by Crippen LogP contribution is 2.35. The summed E-state index contributed by atoms with van der Waals surface area (Å²) in [7, 11) is 1.33. The fraction of sp³-hybridized carbons (Fsp3) is 0.250. The average molecular weight is 389 g/mol. The topological polar surface area (TPSA) is 101 Å². The van der Waals surface area contributed by atoms with Crippen molar-refractivity contribution in [1.82, 2.24) is 29.5 Å². The normalized spacial score (nSPS) is 16.1. The van der Waals surface area contributed by atoms with Crippen molar-refractivity contribution in [2.24, 2.45) is 0 Å². The molecule has 1 atom stereocenters. The van der Waals surface area contributed by atoms with Crippen LogP contribution in [-0.4, -0.2) is 49.2 Å². The molecular formula is C20H19N7O2. The summed E-state index contributed by atoms with van der Waals surface area (Å²) in [5.41, 5.74) is 5.38. The largest absolute Gasteiger partial charge is 0.465 e. The van der Waals surface area contributed by atoms with E-state index in [9.17, 15) is 4.79 Å². The summed E-state index contributed by atoms with van der Waals surface area (Å²) in [6, 6.07) is 5.90. The Balaban J connectivity index is 1.60. The zero-order chi connectivity index (χ0) is 20.0. The van der Waals surface area contributed by atoms with E-state index in [0.717, 1.165) is 34.6 Å². The molecule has 0 saturated carbocycles. The lowest BCUT2D eigenvalue weighted by molar-refractivity contribution is 0.0600. The van der Waals surface area contributed by atoms with Gasteiger partial charge in [-0.3, -0.25) is 0 Å². The molecule has 1 aliphatic heterocycles. The van der Waals surface area contributed by atoms with Crippen LogP contribution in [0.5, 0.6) is 0 Å². The second-order valence-corrected chi connectivity index (χ2v) is 6.97. The average Bonchev–Trinajstić information content (AvgIpc) is 3.40. The maximum absolute atomic E-state index is 11.7. The molecular weight excluding hydrogens is 370 g/mol. The van der Waals surface area contributed by atoms with E-state index in [1.165, 1.54) is 19.5 Å². The van der Waals surface area contributed by atoms with Gasteiger partial charge in [0, 0.05) is 37.3 Å². The lowest BCUT2D eigenvalue weighted by Crippen LogP contribution is -2.37. The van der Waals surface area contributed by atoms with Crippen molar-refractivity contribution in [2.75, 3.05) is 18.6 Å². The van der Waals surface area contributed by atoms with E-state index in [-0.39, 0.29) is 6.04 Å². The molecule has 1 aliphatic rings. The van der Waals surface area contributed by atoms with Crippen molar-refractivity contribution in [1.29, 1.82) is 0 Å². The van der Waals surface area contributed by atoms with E-state index in [4.69, 9.17) is 9.84 Å². The molecule has 0 fully saturated rings. The third kappa shape index (κ3) is 2.82. The number of carbonyl (C=O) groups is 1. The molecule has 9 heteroatoms. The van der Waals surface area contributed by atoms with Crippen LogP contribution in [0.1, 0.15) is 39.0 Å². The molecule has 0 radical (unpaired) electrons. The number of ether oxygens (including phenoxy) is 1. The number of aromatic amines is 1. The number of aryl methyl sites for hydroxylation is 1.